The number of likely N-dealkylation sites (tertiary alicyclic amines) is 2. The first-order valence-corrected chi connectivity index (χ1v) is 10.00. The van der Waals surface area contributed by atoms with Gasteiger partial charge in [0.05, 0.1) is 12.6 Å². The van der Waals surface area contributed by atoms with Crippen LogP contribution >= 0.6 is 24.0 Å². The first kappa shape index (κ1) is 24.2. The van der Waals surface area contributed by atoms with Gasteiger partial charge < -0.3 is 10.6 Å². The molecule has 0 amide bonds. The number of benzene rings is 1. The first-order valence-electron chi connectivity index (χ1n) is 10.00. The van der Waals surface area contributed by atoms with E-state index in [1.165, 1.54) is 23.3 Å². The average Bonchev–Trinajstić information content (AvgIpc) is 3.33. The van der Waals surface area contributed by atoms with Gasteiger partial charge in [-0.3, -0.25) is 14.8 Å². The summed E-state index contributed by atoms with van der Waals surface area (Å²) in [7, 11) is 1.70. The van der Waals surface area contributed by atoms with Gasteiger partial charge in [-0.25, -0.2) is 0 Å². The topological polar surface area (TPSA) is 42.9 Å². The normalized spacial score (nSPS) is 22.3. The summed E-state index contributed by atoms with van der Waals surface area (Å²) in [6.45, 7) is 2.87. The molecule has 0 bridgehead atoms. The molecule has 0 aliphatic carbocycles. The van der Waals surface area contributed by atoms with E-state index in [0.717, 1.165) is 13.1 Å². The van der Waals surface area contributed by atoms with Crippen LogP contribution in [0.25, 0.3) is 0 Å². The van der Waals surface area contributed by atoms with Gasteiger partial charge in [0, 0.05) is 32.7 Å². The lowest BCUT2D eigenvalue weighted by Gasteiger charge is -2.29. The summed E-state index contributed by atoms with van der Waals surface area (Å²) in [5, 5.41) is 6.68. The highest BCUT2D eigenvalue weighted by Crippen LogP contribution is 2.24. The molecule has 5 nitrogen and oxygen atoms in total. The third kappa shape index (κ3) is 7.60. The number of hydrogen-bond donors (Lipinski definition) is 2. The van der Waals surface area contributed by atoms with Crippen LogP contribution in [0.15, 0.2) is 35.3 Å². The Kier molecular flexibility index (Phi) is 9.48. The fourth-order valence-corrected chi connectivity index (χ4v) is 4.12. The lowest BCUT2D eigenvalue weighted by Crippen LogP contribution is -2.47. The number of nitrogens with zero attached hydrogens (tertiary/aromatic N) is 3. The average molecular weight is 525 g/mol. The summed E-state index contributed by atoms with van der Waals surface area (Å²) in [6.07, 6.45) is -1.03. The number of halogens is 4. The van der Waals surface area contributed by atoms with Crippen molar-refractivity contribution in [2.75, 3.05) is 46.3 Å². The molecular weight excluding hydrogens is 494 g/mol. The Hall–Kier alpha value is -1.07. The van der Waals surface area contributed by atoms with Crippen LogP contribution in [0, 0.1) is 0 Å². The minimum Gasteiger partial charge on any atom is -0.354 e. The number of aliphatic imine (C=N–C) groups is 1. The molecule has 2 heterocycles. The second kappa shape index (κ2) is 11.4. The van der Waals surface area contributed by atoms with Crippen molar-refractivity contribution in [1.82, 2.24) is 20.4 Å². The largest absolute Gasteiger partial charge is 0.401 e. The molecule has 2 saturated heterocycles. The zero-order valence-electron chi connectivity index (χ0n) is 16.8. The van der Waals surface area contributed by atoms with Gasteiger partial charge in [0.15, 0.2) is 5.96 Å². The summed E-state index contributed by atoms with van der Waals surface area (Å²) in [4.78, 5) is 8.21. The Balaban J connectivity index is 0.00000300. The summed E-state index contributed by atoms with van der Waals surface area (Å²) < 4.78 is 37.7. The second-order valence-electron chi connectivity index (χ2n) is 7.60. The molecule has 2 aliphatic heterocycles. The Morgan fingerprint density at radius 3 is 2.48 bits per heavy atom. The maximum Gasteiger partial charge on any atom is 0.401 e. The SMILES string of the molecule is CN=C(NCC(c1ccccc1)N1CCCC1)NC1CCN(CC(F)(F)F)C1.I. The predicted molar refractivity (Wildman–Crippen MR) is 121 cm³/mol. The Morgan fingerprint density at radius 1 is 1.17 bits per heavy atom. The fourth-order valence-electron chi connectivity index (χ4n) is 4.12. The van der Waals surface area contributed by atoms with Gasteiger partial charge in [-0.2, -0.15) is 13.2 Å². The van der Waals surface area contributed by atoms with Crippen LogP contribution in [0.2, 0.25) is 0 Å². The molecule has 2 atom stereocenters. The van der Waals surface area contributed by atoms with Crippen LogP contribution in [0.1, 0.15) is 30.9 Å². The van der Waals surface area contributed by atoms with E-state index in [1.54, 1.807) is 7.05 Å². The molecule has 2 N–H and O–H groups in total. The van der Waals surface area contributed by atoms with Crippen LogP contribution < -0.4 is 10.6 Å². The van der Waals surface area contributed by atoms with Crippen molar-refractivity contribution in [3.8, 4) is 0 Å². The van der Waals surface area contributed by atoms with Crippen LogP contribution in [-0.4, -0.2) is 74.3 Å². The van der Waals surface area contributed by atoms with Gasteiger partial charge in [0.2, 0.25) is 0 Å². The van der Waals surface area contributed by atoms with Gasteiger partial charge in [-0.15, -0.1) is 24.0 Å². The Morgan fingerprint density at radius 2 is 1.86 bits per heavy atom. The van der Waals surface area contributed by atoms with Crippen LogP contribution in [0.3, 0.4) is 0 Å². The van der Waals surface area contributed by atoms with Crippen molar-refractivity contribution >= 4 is 29.9 Å². The van der Waals surface area contributed by atoms with Gasteiger partial charge >= 0.3 is 6.18 Å². The van der Waals surface area contributed by atoms with Gasteiger partial charge in [0.25, 0.3) is 0 Å². The molecule has 1 aromatic rings. The van der Waals surface area contributed by atoms with Crippen LogP contribution in [0.4, 0.5) is 13.2 Å². The van der Waals surface area contributed by atoms with Crippen molar-refractivity contribution in [2.45, 2.75) is 37.5 Å². The van der Waals surface area contributed by atoms with Crippen LogP contribution in [0.5, 0.6) is 0 Å². The molecule has 0 radical (unpaired) electrons. The van der Waals surface area contributed by atoms with Crippen molar-refractivity contribution < 1.29 is 13.2 Å². The minimum atomic E-state index is -4.15. The first-order chi connectivity index (χ1) is 13.4. The van der Waals surface area contributed by atoms with E-state index in [2.05, 4.69) is 44.8 Å². The van der Waals surface area contributed by atoms with Crippen LogP contribution in [-0.2, 0) is 0 Å². The van der Waals surface area contributed by atoms with Gasteiger partial charge in [-0.1, -0.05) is 30.3 Å². The van der Waals surface area contributed by atoms with Crippen molar-refractivity contribution in [3.63, 3.8) is 0 Å². The van der Waals surface area contributed by atoms with E-state index in [1.807, 2.05) is 6.07 Å². The summed E-state index contributed by atoms with van der Waals surface area (Å²) in [5.41, 5.74) is 1.27. The third-order valence-corrected chi connectivity index (χ3v) is 5.47. The highest BCUT2D eigenvalue weighted by Gasteiger charge is 2.34. The number of alkyl halides is 3. The molecule has 0 saturated carbocycles. The summed E-state index contributed by atoms with van der Waals surface area (Å²) in [6, 6.07) is 10.7. The molecule has 164 valence electrons. The highest BCUT2D eigenvalue weighted by atomic mass is 127. The van der Waals surface area contributed by atoms with Crippen molar-refractivity contribution in [2.24, 2.45) is 4.99 Å². The molecule has 3 rings (SSSR count). The monoisotopic (exact) mass is 525 g/mol. The lowest BCUT2D eigenvalue weighted by atomic mass is 10.1. The number of hydrogen-bond acceptors (Lipinski definition) is 3. The molecule has 0 spiro atoms. The quantitative estimate of drug-likeness (QED) is 0.340. The van der Waals surface area contributed by atoms with E-state index in [0.29, 0.717) is 32.0 Å². The molecule has 2 unspecified atom stereocenters. The number of guanidine groups is 1. The number of rotatable bonds is 6. The van der Waals surface area contributed by atoms with Gasteiger partial charge in [0.1, 0.15) is 0 Å². The van der Waals surface area contributed by atoms with E-state index < -0.39 is 12.7 Å². The standard InChI is InChI=1S/C20H30F3N5.HI/c1-24-19(26-17-9-12-27(14-17)15-20(21,22)23)25-13-18(28-10-5-6-11-28)16-7-3-2-4-8-16;/h2-4,7-8,17-18H,5-6,9-15H2,1H3,(H2,24,25,26);1H. The number of nitrogens with one attached hydrogen (secondary N) is 2. The Labute approximate surface area is 188 Å². The molecule has 1 aromatic carbocycles. The lowest BCUT2D eigenvalue weighted by molar-refractivity contribution is -0.143. The molecule has 2 fully saturated rings. The van der Waals surface area contributed by atoms with E-state index in [9.17, 15) is 13.2 Å². The fraction of sp³-hybridized carbons (Fsp3) is 0.650. The molecule has 9 heteroatoms. The summed E-state index contributed by atoms with van der Waals surface area (Å²) in [5.74, 6) is 0.652. The molecule has 0 aromatic heterocycles. The Bertz CT molecular complexity index is 635. The second-order valence-corrected chi connectivity index (χ2v) is 7.60. The molecular formula is C20H31F3IN5. The zero-order chi connectivity index (χ0) is 20.0. The maximum absolute atomic E-state index is 12.6. The van der Waals surface area contributed by atoms with E-state index in [4.69, 9.17) is 0 Å². The molecule has 29 heavy (non-hydrogen) atoms. The zero-order valence-corrected chi connectivity index (χ0v) is 19.1. The summed E-state index contributed by atoms with van der Waals surface area (Å²) >= 11 is 0. The van der Waals surface area contributed by atoms with Crippen molar-refractivity contribution in [3.05, 3.63) is 35.9 Å². The van der Waals surface area contributed by atoms with Gasteiger partial charge in [-0.05, 0) is 37.9 Å². The minimum absolute atomic E-state index is 0. The van der Waals surface area contributed by atoms with E-state index in [-0.39, 0.29) is 36.1 Å². The predicted octanol–water partition coefficient (Wildman–Crippen LogP) is 3.24. The van der Waals surface area contributed by atoms with E-state index >= 15 is 0 Å². The third-order valence-electron chi connectivity index (χ3n) is 5.47. The van der Waals surface area contributed by atoms with Crippen molar-refractivity contribution in [1.29, 1.82) is 0 Å². The highest BCUT2D eigenvalue weighted by molar-refractivity contribution is 14.0. The smallest absolute Gasteiger partial charge is 0.354 e. The molecule has 2 aliphatic rings. The maximum atomic E-state index is 12.6.